The molecule has 1 atom stereocenters. The van der Waals surface area contributed by atoms with Gasteiger partial charge in [0, 0.05) is 13.0 Å². The Hall–Kier alpha value is -3.15. The standard InChI is InChI=1S/C24H25FN2O3/c1-29-20-6-4-5-18(14-20)15-23(28)27-12-3-2-7-22(27)24-26-16-21(30-24)13-17-8-10-19(25)11-9-17/h4-6,8-11,14,16,22H,2-3,7,12-13,15H2,1H3. The van der Waals surface area contributed by atoms with Gasteiger partial charge in [-0.05, 0) is 54.7 Å². The number of aromatic nitrogens is 1. The normalized spacial score (nSPS) is 16.5. The van der Waals surface area contributed by atoms with Crippen LogP contribution in [0.25, 0.3) is 0 Å². The molecule has 0 N–H and O–H groups in total. The zero-order valence-corrected chi connectivity index (χ0v) is 17.0. The van der Waals surface area contributed by atoms with Crippen molar-refractivity contribution in [2.24, 2.45) is 0 Å². The Bertz CT molecular complexity index is 1000. The second-order valence-electron chi connectivity index (χ2n) is 7.60. The van der Waals surface area contributed by atoms with Crippen LogP contribution in [0.4, 0.5) is 4.39 Å². The molecule has 6 heteroatoms. The summed E-state index contributed by atoms with van der Waals surface area (Å²) in [4.78, 5) is 19.4. The predicted molar refractivity (Wildman–Crippen MR) is 111 cm³/mol. The van der Waals surface area contributed by atoms with Crippen molar-refractivity contribution in [3.05, 3.63) is 83.3 Å². The van der Waals surface area contributed by atoms with E-state index in [1.54, 1.807) is 25.4 Å². The number of methoxy groups -OCH3 is 1. The first-order valence-electron chi connectivity index (χ1n) is 10.2. The molecular weight excluding hydrogens is 383 g/mol. The zero-order chi connectivity index (χ0) is 20.9. The van der Waals surface area contributed by atoms with Crippen LogP contribution in [0, 0.1) is 5.82 Å². The Morgan fingerprint density at radius 3 is 2.83 bits per heavy atom. The molecule has 30 heavy (non-hydrogen) atoms. The van der Waals surface area contributed by atoms with Crippen molar-refractivity contribution in [2.75, 3.05) is 13.7 Å². The third-order valence-corrected chi connectivity index (χ3v) is 5.46. The largest absolute Gasteiger partial charge is 0.497 e. The molecule has 0 aliphatic carbocycles. The molecule has 1 aromatic heterocycles. The number of amides is 1. The lowest BCUT2D eigenvalue weighted by Gasteiger charge is -2.34. The van der Waals surface area contributed by atoms with E-state index >= 15 is 0 Å². The van der Waals surface area contributed by atoms with Gasteiger partial charge in [0.2, 0.25) is 11.8 Å². The van der Waals surface area contributed by atoms with Crippen LogP contribution in [0.5, 0.6) is 5.75 Å². The van der Waals surface area contributed by atoms with Crippen molar-refractivity contribution in [2.45, 2.75) is 38.1 Å². The van der Waals surface area contributed by atoms with Crippen molar-refractivity contribution >= 4 is 5.91 Å². The first-order valence-corrected chi connectivity index (χ1v) is 10.2. The smallest absolute Gasteiger partial charge is 0.227 e. The summed E-state index contributed by atoms with van der Waals surface area (Å²) in [6, 6.07) is 13.8. The lowest BCUT2D eigenvalue weighted by Crippen LogP contribution is -2.39. The van der Waals surface area contributed by atoms with Crippen molar-refractivity contribution in [3.63, 3.8) is 0 Å². The van der Waals surface area contributed by atoms with E-state index in [-0.39, 0.29) is 17.8 Å². The summed E-state index contributed by atoms with van der Waals surface area (Å²) in [5.41, 5.74) is 1.88. The second-order valence-corrected chi connectivity index (χ2v) is 7.60. The lowest BCUT2D eigenvalue weighted by molar-refractivity contribution is -0.134. The van der Waals surface area contributed by atoms with E-state index in [0.29, 0.717) is 31.0 Å². The van der Waals surface area contributed by atoms with Crippen LogP contribution in [-0.2, 0) is 17.6 Å². The number of rotatable bonds is 6. The molecule has 1 saturated heterocycles. The molecule has 1 amide bonds. The van der Waals surface area contributed by atoms with Crippen LogP contribution in [-0.4, -0.2) is 29.4 Å². The van der Waals surface area contributed by atoms with Gasteiger partial charge in [-0.3, -0.25) is 4.79 Å². The molecule has 2 aromatic carbocycles. The van der Waals surface area contributed by atoms with Gasteiger partial charge in [-0.1, -0.05) is 24.3 Å². The molecule has 156 valence electrons. The van der Waals surface area contributed by atoms with Gasteiger partial charge in [0.05, 0.1) is 19.7 Å². The van der Waals surface area contributed by atoms with E-state index in [2.05, 4.69) is 4.98 Å². The Labute approximate surface area is 175 Å². The molecule has 1 fully saturated rings. The minimum Gasteiger partial charge on any atom is -0.497 e. The lowest BCUT2D eigenvalue weighted by atomic mass is 10.0. The zero-order valence-electron chi connectivity index (χ0n) is 17.0. The number of carbonyl (C=O) groups is 1. The van der Waals surface area contributed by atoms with E-state index in [1.165, 1.54) is 12.1 Å². The molecule has 0 saturated carbocycles. The average Bonchev–Trinajstić information content (AvgIpc) is 3.24. The van der Waals surface area contributed by atoms with Gasteiger partial charge in [-0.15, -0.1) is 0 Å². The minimum atomic E-state index is -0.260. The molecule has 0 bridgehead atoms. The summed E-state index contributed by atoms with van der Waals surface area (Å²) in [6.07, 6.45) is 5.40. The number of likely N-dealkylation sites (tertiary alicyclic amines) is 1. The highest BCUT2D eigenvalue weighted by Gasteiger charge is 2.31. The first-order chi connectivity index (χ1) is 14.6. The number of halogens is 1. The van der Waals surface area contributed by atoms with Gasteiger partial charge >= 0.3 is 0 Å². The van der Waals surface area contributed by atoms with Crippen molar-refractivity contribution in [3.8, 4) is 5.75 Å². The molecule has 1 unspecified atom stereocenters. The number of benzene rings is 2. The SMILES string of the molecule is COc1cccc(CC(=O)N2CCCCC2c2ncc(Cc3ccc(F)cc3)o2)c1. The average molecular weight is 408 g/mol. The van der Waals surface area contributed by atoms with Gasteiger partial charge in [0.1, 0.15) is 23.4 Å². The summed E-state index contributed by atoms with van der Waals surface area (Å²) >= 11 is 0. The second kappa shape index (κ2) is 9.11. The molecule has 0 radical (unpaired) electrons. The van der Waals surface area contributed by atoms with Crippen LogP contribution in [0.2, 0.25) is 0 Å². The van der Waals surface area contributed by atoms with Crippen molar-refractivity contribution in [1.29, 1.82) is 0 Å². The van der Waals surface area contributed by atoms with Crippen LogP contribution in [0.3, 0.4) is 0 Å². The van der Waals surface area contributed by atoms with Gasteiger partial charge in [-0.2, -0.15) is 0 Å². The number of nitrogens with zero attached hydrogens (tertiary/aromatic N) is 2. The molecular formula is C24H25FN2O3. The van der Waals surface area contributed by atoms with Gasteiger partial charge in [0.25, 0.3) is 0 Å². The molecule has 1 aliphatic rings. The summed E-state index contributed by atoms with van der Waals surface area (Å²) in [6.45, 7) is 0.698. The van der Waals surface area contributed by atoms with Crippen LogP contribution >= 0.6 is 0 Å². The third-order valence-electron chi connectivity index (χ3n) is 5.46. The number of carbonyl (C=O) groups excluding carboxylic acids is 1. The van der Waals surface area contributed by atoms with Gasteiger partial charge in [-0.25, -0.2) is 9.37 Å². The molecule has 5 nitrogen and oxygen atoms in total. The maximum absolute atomic E-state index is 13.1. The fraction of sp³-hybridized carbons (Fsp3) is 0.333. The molecule has 2 heterocycles. The van der Waals surface area contributed by atoms with Crippen LogP contribution in [0.15, 0.2) is 59.1 Å². The first kappa shape index (κ1) is 20.1. The van der Waals surface area contributed by atoms with Crippen molar-refractivity contribution < 1.29 is 18.3 Å². The molecule has 0 spiro atoms. The number of hydrogen-bond acceptors (Lipinski definition) is 4. The molecule has 4 rings (SSSR count). The van der Waals surface area contributed by atoms with Crippen LogP contribution < -0.4 is 4.74 Å². The Kier molecular flexibility index (Phi) is 6.12. The Balaban J connectivity index is 1.47. The summed E-state index contributed by atoms with van der Waals surface area (Å²) < 4.78 is 24.4. The molecule has 1 aliphatic heterocycles. The Morgan fingerprint density at radius 2 is 2.03 bits per heavy atom. The number of oxazole rings is 1. The highest BCUT2D eigenvalue weighted by Crippen LogP contribution is 2.31. The fourth-order valence-electron chi connectivity index (χ4n) is 3.91. The Morgan fingerprint density at radius 1 is 1.20 bits per heavy atom. The monoisotopic (exact) mass is 408 g/mol. The van der Waals surface area contributed by atoms with Gasteiger partial charge in [0.15, 0.2) is 0 Å². The van der Waals surface area contributed by atoms with E-state index in [1.807, 2.05) is 29.2 Å². The van der Waals surface area contributed by atoms with Crippen molar-refractivity contribution in [1.82, 2.24) is 9.88 Å². The topological polar surface area (TPSA) is 55.6 Å². The maximum Gasteiger partial charge on any atom is 0.227 e. The number of ether oxygens (including phenoxy) is 1. The fourth-order valence-corrected chi connectivity index (χ4v) is 3.91. The van der Waals surface area contributed by atoms with E-state index < -0.39 is 0 Å². The highest BCUT2D eigenvalue weighted by atomic mass is 19.1. The quantitative estimate of drug-likeness (QED) is 0.593. The van der Waals surface area contributed by atoms with E-state index in [0.717, 1.165) is 36.1 Å². The summed E-state index contributed by atoms with van der Waals surface area (Å²) in [5, 5.41) is 0. The third kappa shape index (κ3) is 4.70. The number of piperidine rings is 1. The van der Waals surface area contributed by atoms with Gasteiger partial charge < -0.3 is 14.1 Å². The summed E-state index contributed by atoms with van der Waals surface area (Å²) in [5.74, 6) is 1.83. The molecule has 3 aromatic rings. The van der Waals surface area contributed by atoms with E-state index in [9.17, 15) is 9.18 Å². The summed E-state index contributed by atoms with van der Waals surface area (Å²) in [7, 11) is 1.62. The highest BCUT2D eigenvalue weighted by molar-refractivity contribution is 5.79. The van der Waals surface area contributed by atoms with E-state index in [4.69, 9.17) is 9.15 Å². The van der Waals surface area contributed by atoms with Crippen LogP contribution in [0.1, 0.15) is 48.1 Å². The minimum absolute atomic E-state index is 0.0613. The maximum atomic E-state index is 13.1. The number of hydrogen-bond donors (Lipinski definition) is 0. The predicted octanol–water partition coefficient (Wildman–Crippen LogP) is 4.71.